The molecule has 0 unspecified atom stereocenters. The molecule has 0 bridgehead atoms. The highest BCUT2D eigenvalue weighted by atomic mass is 35.5. The molecule has 1 aromatic carbocycles. The summed E-state index contributed by atoms with van der Waals surface area (Å²) < 4.78 is 0. The van der Waals surface area contributed by atoms with Gasteiger partial charge in [0.1, 0.15) is 0 Å². The summed E-state index contributed by atoms with van der Waals surface area (Å²) in [6, 6.07) is 10.7. The lowest BCUT2D eigenvalue weighted by atomic mass is 10.1. The predicted octanol–water partition coefficient (Wildman–Crippen LogP) is 4.05. The first-order chi connectivity index (χ1) is 7.38. The number of hydrogen-bond donors (Lipinski definition) is 0. The molecule has 1 aliphatic rings. The Morgan fingerprint density at radius 3 is 2.13 bits per heavy atom. The summed E-state index contributed by atoms with van der Waals surface area (Å²) in [5.74, 6) is 0. The van der Waals surface area contributed by atoms with Crippen LogP contribution in [0.1, 0.15) is 19.3 Å². The van der Waals surface area contributed by atoms with Gasteiger partial charge in [-0.1, -0.05) is 36.4 Å². The molecule has 15 heavy (non-hydrogen) atoms. The molecule has 0 aromatic heterocycles. The van der Waals surface area contributed by atoms with Crippen molar-refractivity contribution < 1.29 is 0 Å². The Balaban J connectivity index is 0.000000337. The number of hydrogen-bond acceptors (Lipinski definition) is 1. The number of rotatable bonds is 1. The highest BCUT2D eigenvalue weighted by Gasteiger charge is 2.09. The van der Waals surface area contributed by atoms with Gasteiger partial charge in [0.05, 0.1) is 0 Å². The van der Waals surface area contributed by atoms with Crippen molar-refractivity contribution in [1.29, 1.82) is 0 Å². The van der Waals surface area contributed by atoms with Gasteiger partial charge in [0.2, 0.25) is 0 Å². The lowest BCUT2D eigenvalue weighted by Gasteiger charge is -2.28. The van der Waals surface area contributed by atoms with Gasteiger partial charge in [-0.05, 0) is 36.9 Å². The molecule has 1 fully saturated rings. The first kappa shape index (κ1) is 12.1. The Hall–Kier alpha value is -0.950. The van der Waals surface area contributed by atoms with Crippen molar-refractivity contribution in [2.24, 2.45) is 0 Å². The molecule has 0 saturated carbocycles. The van der Waals surface area contributed by atoms with E-state index >= 15 is 0 Å². The van der Waals surface area contributed by atoms with Gasteiger partial charge in [0, 0.05) is 18.8 Å². The Morgan fingerprint density at radius 2 is 1.60 bits per heavy atom. The summed E-state index contributed by atoms with van der Waals surface area (Å²) in [7, 11) is 0. The fraction of sp³-hybridized carbons (Fsp3) is 0.385. The van der Waals surface area contributed by atoms with Crippen LogP contribution in [0.25, 0.3) is 0 Å². The summed E-state index contributed by atoms with van der Waals surface area (Å²) in [6.07, 6.45) is 4.12. The molecular weight excluding hydrogens is 206 g/mol. The van der Waals surface area contributed by atoms with E-state index in [1.54, 1.807) is 0 Å². The molecule has 2 heteroatoms. The molecule has 0 spiro atoms. The van der Waals surface area contributed by atoms with Crippen LogP contribution in [-0.4, -0.2) is 13.1 Å². The summed E-state index contributed by atoms with van der Waals surface area (Å²) in [5, 5.41) is 0. The molecule has 1 aliphatic heterocycles. The third kappa shape index (κ3) is 4.39. The molecule has 82 valence electrons. The fourth-order valence-electron chi connectivity index (χ4n) is 1.79. The number of halogens is 1. The molecule has 0 radical (unpaired) electrons. The first-order valence-corrected chi connectivity index (χ1v) is 5.83. The van der Waals surface area contributed by atoms with Crippen LogP contribution in [0.15, 0.2) is 42.4 Å². The van der Waals surface area contributed by atoms with Crippen molar-refractivity contribution in [3.8, 4) is 0 Å². The Morgan fingerprint density at radius 1 is 1.07 bits per heavy atom. The van der Waals surface area contributed by atoms with Crippen LogP contribution in [0, 0.1) is 0 Å². The van der Waals surface area contributed by atoms with Gasteiger partial charge < -0.3 is 4.90 Å². The minimum absolute atomic E-state index is 1.22. The van der Waals surface area contributed by atoms with Crippen LogP contribution in [0.2, 0.25) is 0 Å². The third-order valence-electron chi connectivity index (χ3n) is 2.48. The van der Waals surface area contributed by atoms with E-state index in [9.17, 15) is 0 Å². The number of para-hydroxylation sites is 1. The fourth-order valence-corrected chi connectivity index (χ4v) is 1.79. The minimum Gasteiger partial charge on any atom is -0.372 e. The maximum atomic E-state index is 4.76. The van der Waals surface area contributed by atoms with Gasteiger partial charge in [-0.15, -0.1) is 0 Å². The lowest BCUT2D eigenvalue weighted by molar-refractivity contribution is 0.578. The maximum absolute atomic E-state index is 4.76. The van der Waals surface area contributed by atoms with Gasteiger partial charge >= 0.3 is 0 Å². The van der Waals surface area contributed by atoms with E-state index < -0.39 is 0 Å². The van der Waals surface area contributed by atoms with Crippen LogP contribution in [0.5, 0.6) is 0 Å². The van der Waals surface area contributed by atoms with Crippen LogP contribution in [0.4, 0.5) is 5.69 Å². The smallest absolute Gasteiger partial charge is 0.0366 e. The van der Waals surface area contributed by atoms with Crippen molar-refractivity contribution in [2.75, 3.05) is 18.0 Å². The predicted molar refractivity (Wildman–Crippen MR) is 68.6 cm³/mol. The van der Waals surface area contributed by atoms with Gasteiger partial charge in [-0.2, -0.15) is 0 Å². The zero-order chi connectivity index (χ0) is 10.9. The average Bonchev–Trinajstić information content (AvgIpc) is 2.32. The molecule has 0 amide bonds. The summed E-state index contributed by atoms with van der Waals surface area (Å²) in [6.45, 7) is 5.61. The van der Waals surface area contributed by atoms with E-state index in [2.05, 4.69) is 41.8 Å². The highest BCUT2D eigenvalue weighted by Crippen LogP contribution is 2.18. The third-order valence-corrected chi connectivity index (χ3v) is 2.48. The second kappa shape index (κ2) is 7.36. The van der Waals surface area contributed by atoms with E-state index in [4.69, 9.17) is 11.6 Å². The number of piperidine rings is 1. The van der Waals surface area contributed by atoms with Crippen molar-refractivity contribution in [2.45, 2.75) is 19.3 Å². The Bertz CT molecular complexity index is 265. The van der Waals surface area contributed by atoms with E-state index in [1.807, 2.05) is 0 Å². The lowest BCUT2D eigenvalue weighted by Crippen LogP contribution is -2.29. The number of nitrogens with zero attached hydrogens (tertiary/aromatic N) is 1. The average molecular weight is 224 g/mol. The first-order valence-electron chi connectivity index (χ1n) is 5.39. The number of anilines is 1. The van der Waals surface area contributed by atoms with Crippen molar-refractivity contribution in [1.82, 2.24) is 0 Å². The van der Waals surface area contributed by atoms with Crippen molar-refractivity contribution in [3.63, 3.8) is 0 Å². The molecule has 0 N–H and O–H groups in total. The quantitative estimate of drug-likeness (QED) is 0.695. The van der Waals surface area contributed by atoms with Gasteiger partial charge in [0.25, 0.3) is 0 Å². The Kier molecular flexibility index (Phi) is 5.94. The summed E-state index contributed by atoms with van der Waals surface area (Å²) in [4.78, 5) is 2.48. The van der Waals surface area contributed by atoms with Crippen LogP contribution in [0.3, 0.4) is 0 Å². The Labute approximate surface area is 97.4 Å². The zero-order valence-corrected chi connectivity index (χ0v) is 9.79. The standard InChI is InChI=1S/C11H15N.C2H3Cl/c1-3-7-11(8-4-1)12-9-5-2-6-10-12;1-2-3/h1,3-4,7-8H,2,5-6,9-10H2;2H,1H2. The normalized spacial score (nSPS) is 15.1. The second-order valence-corrected chi connectivity index (χ2v) is 3.85. The molecule has 0 atom stereocenters. The van der Waals surface area contributed by atoms with E-state index in [-0.39, 0.29) is 0 Å². The molecule has 1 aromatic rings. The van der Waals surface area contributed by atoms with Crippen LogP contribution in [-0.2, 0) is 0 Å². The molecule has 0 aliphatic carbocycles. The maximum Gasteiger partial charge on any atom is 0.0366 e. The van der Waals surface area contributed by atoms with Crippen LogP contribution < -0.4 is 4.90 Å². The van der Waals surface area contributed by atoms with Crippen molar-refractivity contribution >= 4 is 17.3 Å². The van der Waals surface area contributed by atoms with Crippen molar-refractivity contribution in [3.05, 3.63) is 42.4 Å². The molecule has 2 rings (SSSR count). The van der Waals surface area contributed by atoms with Gasteiger partial charge in [-0.3, -0.25) is 0 Å². The molecule has 1 nitrogen and oxygen atoms in total. The minimum atomic E-state index is 1.22. The van der Waals surface area contributed by atoms with E-state index in [0.717, 1.165) is 0 Å². The second-order valence-electron chi connectivity index (χ2n) is 3.54. The molecule has 1 saturated heterocycles. The van der Waals surface area contributed by atoms with E-state index in [0.29, 0.717) is 0 Å². The monoisotopic (exact) mass is 223 g/mol. The largest absolute Gasteiger partial charge is 0.372 e. The molecular formula is C13H18ClN. The van der Waals surface area contributed by atoms with Crippen LogP contribution >= 0.6 is 11.6 Å². The summed E-state index contributed by atoms with van der Waals surface area (Å²) >= 11 is 4.76. The highest BCUT2D eigenvalue weighted by molar-refractivity contribution is 6.25. The SMILES string of the molecule is C=CCl.c1ccc(N2CCCCC2)cc1. The van der Waals surface area contributed by atoms with Gasteiger partial charge in [-0.25, -0.2) is 0 Å². The number of benzene rings is 1. The molecule has 1 heterocycles. The van der Waals surface area contributed by atoms with Gasteiger partial charge in [0.15, 0.2) is 0 Å². The zero-order valence-electron chi connectivity index (χ0n) is 9.03. The summed E-state index contributed by atoms with van der Waals surface area (Å²) in [5.41, 5.74) is 2.61. The van der Waals surface area contributed by atoms with E-state index in [1.165, 1.54) is 43.6 Å². The topological polar surface area (TPSA) is 3.24 Å².